The summed E-state index contributed by atoms with van der Waals surface area (Å²) in [7, 11) is 0. The van der Waals surface area contributed by atoms with Crippen molar-refractivity contribution in [3.05, 3.63) is 60.3 Å². The van der Waals surface area contributed by atoms with Crippen LogP contribution in [0.25, 0.3) is 21.5 Å². The molecule has 1 N–H and O–H groups in total. The number of anilines is 1. The van der Waals surface area contributed by atoms with Gasteiger partial charge in [0.1, 0.15) is 0 Å². The van der Waals surface area contributed by atoms with E-state index in [0.29, 0.717) is 10.9 Å². The maximum absolute atomic E-state index is 12.4. The molecule has 0 aliphatic heterocycles. The van der Waals surface area contributed by atoms with Gasteiger partial charge in [0.15, 0.2) is 16.6 Å². The standard InChI is InChI=1S/C18H13N3O2S2/c1-24-14-8-5-9-15-16(14)19-18(25-15)20-17(22)12-10-13(23-21-12)11-6-3-2-4-7-11/h2-10H,1H3,(H,19,20,22). The van der Waals surface area contributed by atoms with Gasteiger partial charge in [0, 0.05) is 16.5 Å². The number of fused-ring (bicyclic) bond motifs is 1. The van der Waals surface area contributed by atoms with Crippen LogP contribution in [0.2, 0.25) is 0 Å². The molecular weight excluding hydrogens is 354 g/mol. The molecule has 2 aromatic carbocycles. The van der Waals surface area contributed by atoms with E-state index in [1.807, 2.05) is 54.8 Å². The van der Waals surface area contributed by atoms with Crippen molar-refractivity contribution in [2.45, 2.75) is 4.90 Å². The minimum absolute atomic E-state index is 0.225. The predicted molar refractivity (Wildman–Crippen MR) is 101 cm³/mol. The molecule has 0 saturated carbocycles. The van der Waals surface area contributed by atoms with E-state index in [0.717, 1.165) is 20.7 Å². The Balaban J connectivity index is 1.57. The van der Waals surface area contributed by atoms with Crippen LogP contribution in [0.15, 0.2) is 64.0 Å². The molecular formula is C18H13N3O2S2. The van der Waals surface area contributed by atoms with Crippen LogP contribution in [0.1, 0.15) is 10.5 Å². The van der Waals surface area contributed by atoms with Gasteiger partial charge in [0.25, 0.3) is 5.91 Å². The fourth-order valence-electron chi connectivity index (χ4n) is 2.42. The van der Waals surface area contributed by atoms with Crippen molar-refractivity contribution in [2.75, 3.05) is 11.6 Å². The molecule has 0 fully saturated rings. The molecule has 1 amide bonds. The normalized spacial score (nSPS) is 10.9. The van der Waals surface area contributed by atoms with Gasteiger partial charge < -0.3 is 4.52 Å². The summed E-state index contributed by atoms with van der Waals surface area (Å²) in [5.41, 5.74) is 2.00. The van der Waals surface area contributed by atoms with E-state index in [9.17, 15) is 4.79 Å². The number of benzene rings is 2. The number of thioether (sulfide) groups is 1. The topological polar surface area (TPSA) is 68.0 Å². The van der Waals surface area contributed by atoms with Crippen LogP contribution in [0.4, 0.5) is 5.13 Å². The Kier molecular flexibility index (Phi) is 4.25. The van der Waals surface area contributed by atoms with Gasteiger partial charge in [-0.05, 0) is 18.4 Å². The second kappa shape index (κ2) is 6.70. The number of amides is 1. The highest BCUT2D eigenvalue weighted by molar-refractivity contribution is 7.98. The molecule has 0 saturated heterocycles. The zero-order chi connectivity index (χ0) is 17.2. The van der Waals surface area contributed by atoms with Crippen molar-refractivity contribution >= 4 is 44.4 Å². The first-order valence-corrected chi connectivity index (χ1v) is 9.56. The average molecular weight is 367 g/mol. The molecule has 0 atom stereocenters. The van der Waals surface area contributed by atoms with Gasteiger partial charge in [0.05, 0.1) is 10.2 Å². The minimum Gasteiger partial charge on any atom is -0.355 e. The molecule has 5 nitrogen and oxygen atoms in total. The largest absolute Gasteiger partial charge is 0.355 e. The average Bonchev–Trinajstić information content (AvgIpc) is 3.29. The van der Waals surface area contributed by atoms with Gasteiger partial charge in [-0.2, -0.15) is 0 Å². The van der Waals surface area contributed by atoms with Gasteiger partial charge in [-0.15, -0.1) is 11.8 Å². The summed E-state index contributed by atoms with van der Waals surface area (Å²) in [6, 6.07) is 17.2. The second-order valence-electron chi connectivity index (χ2n) is 5.22. The van der Waals surface area contributed by atoms with Crippen LogP contribution in [0.5, 0.6) is 0 Å². The van der Waals surface area contributed by atoms with E-state index in [-0.39, 0.29) is 11.6 Å². The van der Waals surface area contributed by atoms with Crippen molar-refractivity contribution < 1.29 is 9.32 Å². The summed E-state index contributed by atoms with van der Waals surface area (Å²) >= 11 is 3.07. The first kappa shape index (κ1) is 15.9. The Morgan fingerprint density at radius 1 is 1.16 bits per heavy atom. The zero-order valence-electron chi connectivity index (χ0n) is 13.2. The van der Waals surface area contributed by atoms with E-state index >= 15 is 0 Å². The quantitative estimate of drug-likeness (QED) is 0.518. The molecule has 25 heavy (non-hydrogen) atoms. The lowest BCUT2D eigenvalue weighted by atomic mass is 10.1. The monoisotopic (exact) mass is 367 g/mol. The maximum atomic E-state index is 12.4. The Hall–Kier alpha value is -2.64. The minimum atomic E-state index is -0.337. The van der Waals surface area contributed by atoms with Crippen LogP contribution in [0, 0.1) is 0 Å². The second-order valence-corrected chi connectivity index (χ2v) is 7.10. The molecule has 7 heteroatoms. The first-order valence-electron chi connectivity index (χ1n) is 7.51. The number of carbonyl (C=O) groups is 1. The highest BCUT2D eigenvalue weighted by atomic mass is 32.2. The van der Waals surface area contributed by atoms with Crippen molar-refractivity contribution in [2.24, 2.45) is 0 Å². The molecule has 4 rings (SSSR count). The van der Waals surface area contributed by atoms with Crippen LogP contribution in [-0.2, 0) is 0 Å². The van der Waals surface area contributed by atoms with E-state index in [2.05, 4.69) is 15.5 Å². The van der Waals surface area contributed by atoms with Crippen LogP contribution in [0.3, 0.4) is 0 Å². The van der Waals surface area contributed by atoms with Gasteiger partial charge in [0.2, 0.25) is 0 Å². The highest BCUT2D eigenvalue weighted by Gasteiger charge is 2.16. The molecule has 0 bridgehead atoms. The fraction of sp³-hybridized carbons (Fsp3) is 0.0556. The number of nitrogens with one attached hydrogen (secondary N) is 1. The number of carbonyl (C=O) groups excluding carboxylic acids is 1. The van der Waals surface area contributed by atoms with Crippen molar-refractivity contribution in [1.82, 2.24) is 10.1 Å². The summed E-state index contributed by atoms with van der Waals surface area (Å²) < 4.78 is 6.31. The lowest BCUT2D eigenvalue weighted by molar-refractivity contribution is 0.101. The third-order valence-electron chi connectivity index (χ3n) is 3.62. The fourth-order valence-corrected chi connectivity index (χ4v) is 3.94. The number of rotatable bonds is 4. The van der Waals surface area contributed by atoms with E-state index < -0.39 is 0 Å². The van der Waals surface area contributed by atoms with Crippen LogP contribution < -0.4 is 5.32 Å². The Labute approximate surface area is 152 Å². The number of aromatic nitrogens is 2. The summed E-state index contributed by atoms with van der Waals surface area (Å²) in [6.07, 6.45) is 2.01. The van der Waals surface area contributed by atoms with Gasteiger partial charge in [-0.1, -0.05) is 52.9 Å². The van der Waals surface area contributed by atoms with Gasteiger partial charge in [-0.3, -0.25) is 10.1 Å². The Morgan fingerprint density at radius 3 is 2.80 bits per heavy atom. The van der Waals surface area contributed by atoms with Crippen LogP contribution >= 0.6 is 23.1 Å². The number of hydrogen-bond donors (Lipinski definition) is 1. The van der Waals surface area contributed by atoms with E-state index in [1.54, 1.807) is 17.8 Å². The summed E-state index contributed by atoms with van der Waals surface area (Å²) in [5, 5.41) is 7.21. The van der Waals surface area contributed by atoms with Crippen molar-refractivity contribution in [3.63, 3.8) is 0 Å². The number of nitrogens with zero attached hydrogens (tertiary/aromatic N) is 2. The van der Waals surface area contributed by atoms with Gasteiger partial charge >= 0.3 is 0 Å². The number of hydrogen-bond acceptors (Lipinski definition) is 6. The van der Waals surface area contributed by atoms with E-state index in [1.165, 1.54) is 11.3 Å². The Morgan fingerprint density at radius 2 is 2.00 bits per heavy atom. The Bertz CT molecular complexity index is 1040. The smallest absolute Gasteiger partial charge is 0.279 e. The van der Waals surface area contributed by atoms with Crippen molar-refractivity contribution in [1.29, 1.82) is 0 Å². The maximum Gasteiger partial charge on any atom is 0.279 e. The van der Waals surface area contributed by atoms with Crippen LogP contribution in [-0.4, -0.2) is 22.3 Å². The highest BCUT2D eigenvalue weighted by Crippen LogP contribution is 2.32. The lowest BCUT2D eigenvalue weighted by Gasteiger charge is -1.96. The SMILES string of the molecule is CSc1cccc2sc(NC(=O)c3cc(-c4ccccc4)on3)nc12. The molecule has 2 heterocycles. The molecule has 2 aromatic heterocycles. The predicted octanol–water partition coefficient (Wildman–Crippen LogP) is 4.93. The summed E-state index contributed by atoms with van der Waals surface area (Å²) in [5.74, 6) is 0.218. The zero-order valence-corrected chi connectivity index (χ0v) is 14.9. The number of para-hydroxylation sites is 1. The summed E-state index contributed by atoms with van der Waals surface area (Å²) in [6.45, 7) is 0. The molecule has 0 radical (unpaired) electrons. The molecule has 0 unspecified atom stereocenters. The molecule has 4 aromatic rings. The van der Waals surface area contributed by atoms with Crippen molar-refractivity contribution in [3.8, 4) is 11.3 Å². The molecule has 0 aliphatic carbocycles. The number of thiazole rings is 1. The van der Waals surface area contributed by atoms with E-state index in [4.69, 9.17) is 4.52 Å². The third-order valence-corrected chi connectivity index (χ3v) is 5.33. The molecule has 0 aliphatic rings. The lowest BCUT2D eigenvalue weighted by Crippen LogP contribution is -2.11. The summed E-state index contributed by atoms with van der Waals surface area (Å²) in [4.78, 5) is 18.0. The third kappa shape index (κ3) is 3.16. The first-order chi connectivity index (χ1) is 12.2. The molecule has 124 valence electrons. The van der Waals surface area contributed by atoms with Gasteiger partial charge in [-0.25, -0.2) is 4.98 Å². The molecule has 0 spiro atoms.